The van der Waals surface area contributed by atoms with Crippen molar-refractivity contribution in [2.75, 3.05) is 5.75 Å². The van der Waals surface area contributed by atoms with Gasteiger partial charge in [-0.3, -0.25) is 4.79 Å². The summed E-state index contributed by atoms with van der Waals surface area (Å²) in [5, 5.41) is 15.9. The number of aromatic nitrogens is 2. The molecular formula is C32H38N4O2S. The van der Waals surface area contributed by atoms with Crippen LogP contribution in [-0.2, 0) is 22.2 Å². The Kier molecular flexibility index (Phi) is 8.21. The van der Waals surface area contributed by atoms with E-state index in [4.69, 9.17) is 4.98 Å². The molecule has 4 rings (SSSR count). The largest absolute Gasteiger partial charge is 0.507 e. The van der Waals surface area contributed by atoms with E-state index >= 15 is 0 Å². The first kappa shape index (κ1) is 28.4. The lowest BCUT2D eigenvalue weighted by Gasteiger charge is -2.27. The Bertz CT molecular complexity index is 1470. The van der Waals surface area contributed by atoms with Gasteiger partial charge in [-0.2, -0.15) is 5.10 Å². The molecule has 1 heterocycles. The number of hydrogen-bond donors (Lipinski definition) is 2. The molecule has 0 bridgehead atoms. The van der Waals surface area contributed by atoms with E-state index < -0.39 is 0 Å². The zero-order chi connectivity index (χ0) is 28.4. The Balaban J connectivity index is 1.48. The number of aryl methyl sites for hydroxylation is 1. The van der Waals surface area contributed by atoms with Crippen LogP contribution in [0, 0.1) is 6.92 Å². The molecule has 0 saturated heterocycles. The first-order valence-corrected chi connectivity index (χ1v) is 14.1. The van der Waals surface area contributed by atoms with Gasteiger partial charge < -0.3 is 9.67 Å². The quantitative estimate of drug-likeness (QED) is 0.151. The van der Waals surface area contributed by atoms with Gasteiger partial charge in [-0.25, -0.2) is 10.4 Å². The van der Waals surface area contributed by atoms with Gasteiger partial charge in [0.2, 0.25) is 0 Å². The van der Waals surface area contributed by atoms with E-state index in [2.05, 4.69) is 93.9 Å². The van der Waals surface area contributed by atoms with E-state index in [-0.39, 0.29) is 22.5 Å². The Hall–Kier alpha value is -3.58. The van der Waals surface area contributed by atoms with Gasteiger partial charge in [-0.1, -0.05) is 95.3 Å². The number of nitrogens with one attached hydrogen (secondary N) is 1. The van der Waals surface area contributed by atoms with Gasteiger partial charge in [0, 0.05) is 11.1 Å². The molecule has 204 valence electrons. The number of carbonyl (C=O) groups excluding carboxylic acids is 1. The lowest BCUT2D eigenvalue weighted by Crippen LogP contribution is -2.20. The number of aromatic hydroxyl groups is 1. The van der Waals surface area contributed by atoms with E-state index in [0.717, 1.165) is 32.9 Å². The van der Waals surface area contributed by atoms with E-state index in [1.54, 1.807) is 6.21 Å². The molecule has 0 radical (unpaired) electrons. The molecule has 3 aromatic carbocycles. The molecule has 0 aliphatic heterocycles. The SMILES string of the molecule is Cc1ccc(Cn2c(SCC(=O)N/N=C/c3cc(C(C)(C)C)c(O)c(C(C)(C)C)c3)nc3ccccc32)cc1. The van der Waals surface area contributed by atoms with Crippen molar-refractivity contribution in [3.05, 3.63) is 88.5 Å². The molecule has 2 N–H and O–H groups in total. The van der Waals surface area contributed by atoms with Crippen molar-refractivity contribution in [3.8, 4) is 5.75 Å². The molecule has 1 aromatic heterocycles. The van der Waals surface area contributed by atoms with Crippen LogP contribution in [0.25, 0.3) is 11.0 Å². The van der Waals surface area contributed by atoms with E-state index in [1.807, 2.05) is 30.3 Å². The molecule has 4 aromatic rings. The topological polar surface area (TPSA) is 79.5 Å². The highest BCUT2D eigenvalue weighted by atomic mass is 32.2. The molecule has 0 saturated carbocycles. The summed E-state index contributed by atoms with van der Waals surface area (Å²) in [6.07, 6.45) is 1.64. The van der Waals surface area contributed by atoms with Crippen molar-refractivity contribution in [1.29, 1.82) is 0 Å². The predicted octanol–water partition coefficient (Wildman–Crippen LogP) is 6.94. The summed E-state index contributed by atoms with van der Waals surface area (Å²) >= 11 is 1.40. The van der Waals surface area contributed by atoms with Gasteiger partial charge in [0.1, 0.15) is 5.75 Å². The fraction of sp³-hybridized carbons (Fsp3) is 0.344. The number of nitrogens with zero attached hydrogens (tertiary/aromatic N) is 3. The minimum Gasteiger partial charge on any atom is -0.507 e. The molecule has 39 heavy (non-hydrogen) atoms. The lowest BCUT2D eigenvalue weighted by molar-refractivity contribution is -0.118. The second kappa shape index (κ2) is 11.3. The standard InChI is InChI=1S/C32H38N4O2S/c1-21-12-14-22(15-13-21)19-36-27-11-9-8-10-26(27)34-30(36)39-20-28(37)35-33-18-23-16-24(31(2,3)4)29(38)25(17-23)32(5,6)7/h8-18,38H,19-20H2,1-7H3,(H,35,37)/b33-18+. The highest BCUT2D eigenvalue weighted by Crippen LogP contribution is 2.39. The zero-order valence-corrected chi connectivity index (χ0v) is 24.7. The lowest BCUT2D eigenvalue weighted by atomic mass is 9.78. The van der Waals surface area contributed by atoms with Crippen LogP contribution in [-0.4, -0.2) is 32.5 Å². The molecule has 6 nitrogen and oxygen atoms in total. The maximum atomic E-state index is 12.7. The summed E-state index contributed by atoms with van der Waals surface area (Å²) < 4.78 is 2.15. The summed E-state index contributed by atoms with van der Waals surface area (Å²) in [5.41, 5.74) is 9.05. The third kappa shape index (κ3) is 6.90. The minimum atomic E-state index is -0.238. The van der Waals surface area contributed by atoms with Gasteiger partial charge in [0.25, 0.3) is 5.91 Å². The number of benzene rings is 3. The number of fused-ring (bicyclic) bond motifs is 1. The summed E-state index contributed by atoms with van der Waals surface area (Å²) in [7, 11) is 0. The monoisotopic (exact) mass is 542 g/mol. The van der Waals surface area contributed by atoms with Crippen LogP contribution < -0.4 is 5.43 Å². The number of rotatable bonds is 7. The van der Waals surface area contributed by atoms with Crippen LogP contribution in [0.4, 0.5) is 0 Å². The molecule has 0 aliphatic rings. The maximum Gasteiger partial charge on any atom is 0.250 e. The van der Waals surface area contributed by atoms with Crippen molar-refractivity contribution < 1.29 is 9.90 Å². The van der Waals surface area contributed by atoms with Crippen LogP contribution in [0.5, 0.6) is 5.75 Å². The molecule has 0 atom stereocenters. The Morgan fingerprint density at radius 2 is 1.62 bits per heavy atom. The summed E-state index contributed by atoms with van der Waals surface area (Å²) in [4.78, 5) is 17.5. The van der Waals surface area contributed by atoms with Gasteiger partial charge in [0.05, 0.1) is 29.5 Å². The number of para-hydroxylation sites is 2. The van der Waals surface area contributed by atoms with Crippen molar-refractivity contribution in [2.45, 2.75) is 71.0 Å². The van der Waals surface area contributed by atoms with Crippen LogP contribution in [0.15, 0.2) is 70.9 Å². The summed E-state index contributed by atoms with van der Waals surface area (Å²) in [6, 6.07) is 20.4. The molecule has 1 amide bonds. The number of amides is 1. The van der Waals surface area contributed by atoms with Crippen LogP contribution in [0.2, 0.25) is 0 Å². The Morgan fingerprint density at radius 3 is 2.23 bits per heavy atom. The number of phenolic OH excluding ortho intramolecular Hbond substituents is 1. The minimum absolute atomic E-state index is 0.185. The van der Waals surface area contributed by atoms with Crippen molar-refractivity contribution >= 4 is 34.9 Å². The van der Waals surface area contributed by atoms with Crippen LogP contribution >= 0.6 is 11.8 Å². The number of hydrogen-bond acceptors (Lipinski definition) is 5. The average Bonchev–Trinajstić information content (AvgIpc) is 3.20. The zero-order valence-electron chi connectivity index (χ0n) is 23.9. The molecule has 0 spiro atoms. The molecule has 0 aliphatic carbocycles. The first-order chi connectivity index (χ1) is 18.3. The van der Waals surface area contributed by atoms with Crippen LogP contribution in [0.3, 0.4) is 0 Å². The number of imidazole rings is 1. The highest BCUT2D eigenvalue weighted by molar-refractivity contribution is 7.99. The van der Waals surface area contributed by atoms with Crippen molar-refractivity contribution in [1.82, 2.24) is 15.0 Å². The second-order valence-electron chi connectivity index (χ2n) is 12.0. The van der Waals surface area contributed by atoms with Gasteiger partial charge in [-0.15, -0.1) is 0 Å². The number of carbonyl (C=O) groups is 1. The molecule has 0 unspecified atom stereocenters. The van der Waals surface area contributed by atoms with Crippen LogP contribution in [0.1, 0.15) is 69.4 Å². The average molecular weight is 543 g/mol. The highest BCUT2D eigenvalue weighted by Gasteiger charge is 2.26. The summed E-state index contributed by atoms with van der Waals surface area (Å²) in [5.74, 6) is 0.294. The third-order valence-electron chi connectivity index (χ3n) is 6.56. The van der Waals surface area contributed by atoms with E-state index in [1.165, 1.54) is 22.9 Å². The van der Waals surface area contributed by atoms with Crippen molar-refractivity contribution in [2.24, 2.45) is 5.10 Å². The number of thioether (sulfide) groups is 1. The summed E-state index contributed by atoms with van der Waals surface area (Å²) in [6.45, 7) is 15.2. The second-order valence-corrected chi connectivity index (χ2v) is 12.9. The molecule has 0 fully saturated rings. The first-order valence-electron chi connectivity index (χ1n) is 13.2. The smallest absolute Gasteiger partial charge is 0.250 e. The number of hydrazone groups is 1. The van der Waals surface area contributed by atoms with Gasteiger partial charge >= 0.3 is 0 Å². The molecule has 7 heteroatoms. The van der Waals surface area contributed by atoms with E-state index in [9.17, 15) is 9.90 Å². The maximum absolute atomic E-state index is 12.7. The Morgan fingerprint density at radius 1 is 1.00 bits per heavy atom. The Labute approximate surface area is 235 Å². The van der Waals surface area contributed by atoms with Gasteiger partial charge in [-0.05, 0) is 53.1 Å². The molecular weight excluding hydrogens is 504 g/mol. The number of phenols is 1. The fourth-order valence-corrected chi connectivity index (χ4v) is 5.21. The normalized spacial score (nSPS) is 12.4. The van der Waals surface area contributed by atoms with Crippen molar-refractivity contribution in [3.63, 3.8) is 0 Å². The third-order valence-corrected chi connectivity index (χ3v) is 7.54. The predicted molar refractivity (Wildman–Crippen MR) is 162 cm³/mol. The fourth-order valence-electron chi connectivity index (χ4n) is 4.41. The van der Waals surface area contributed by atoms with Gasteiger partial charge in [0.15, 0.2) is 5.16 Å². The van der Waals surface area contributed by atoms with E-state index in [0.29, 0.717) is 12.3 Å².